The minimum atomic E-state index is -0.322. The van der Waals surface area contributed by atoms with Gasteiger partial charge in [0, 0.05) is 24.9 Å². The van der Waals surface area contributed by atoms with E-state index in [1.165, 1.54) is 0 Å². The average molecular weight is 372 g/mol. The van der Waals surface area contributed by atoms with Gasteiger partial charge in [0.25, 0.3) is 5.91 Å². The first-order valence-corrected chi connectivity index (χ1v) is 8.81. The lowest BCUT2D eigenvalue weighted by atomic mass is 10.3. The molecule has 0 aliphatic carbocycles. The molecule has 1 aliphatic heterocycles. The zero-order valence-electron chi connectivity index (χ0n) is 13.8. The zero-order valence-corrected chi connectivity index (χ0v) is 15.4. The Morgan fingerprint density at radius 3 is 3.12 bits per heavy atom. The van der Waals surface area contributed by atoms with Crippen molar-refractivity contribution in [3.8, 4) is 5.75 Å². The molecular formula is C16H22ClN3O3S. The lowest BCUT2D eigenvalue weighted by Crippen LogP contribution is -2.47. The molecule has 2 aromatic rings. The number of imidazole rings is 1. The van der Waals surface area contributed by atoms with E-state index in [-0.39, 0.29) is 24.4 Å². The summed E-state index contributed by atoms with van der Waals surface area (Å²) in [5, 5.41) is 0.863. The Morgan fingerprint density at radius 2 is 2.33 bits per heavy atom. The predicted octanol–water partition coefficient (Wildman–Crippen LogP) is 2.72. The molecule has 0 saturated carbocycles. The Kier molecular flexibility index (Phi) is 6.77. The number of nitrogens with zero attached hydrogens (tertiary/aromatic N) is 2. The average Bonchev–Trinajstić information content (AvgIpc) is 2.94. The Bertz CT molecular complexity index is 694. The van der Waals surface area contributed by atoms with Gasteiger partial charge in [-0.15, -0.1) is 12.4 Å². The number of thioether (sulfide) groups is 1. The van der Waals surface area contributed by atoms with Crippen LogP contribution < -0.4 is 4.74 Å². The van der Waals surface area contributed by atoms with Crippen LogP contribution in [0.5, 0.6) is 5.75 Å². The summed E-state index contributed by atoms with van der Waals surface area (Å²) >= 11 is 1.62. The fourth-order valence-corrected chi connectivity index (χ4v) is 3.39. The van der Waals surface area contributed by atoms with Crippen LogP contribution in [-0.2, 0) is 9.53 Å². The number of morpholine rings is 1. The standard InChI is InChI=1S/C16H21N3O3S.ClH/c1-3-21-12-4-5-13-14(10-12)18-16(17-13)23-9-7-19-6-8-22-11(2)15(19)20;/h4-5,10-11H,3,6-9H2,1-2H3,(H,17,18);1H. The summed E-state index contributed by atoms with van der Waals surface area (Å²) < 4.78 is 10.8. The van der Waals surface area contributed by atoms with Crippen molar-refractivity contribution in [1.29, 1.82) is 0 Å². The number of benzene rings is 1. The first-order chi connectivity index (χ1) is 11.2. The van der Waals surface area contributed by atoms with E-state index >= 15 is 0 Å². The molecule has 0 bridgehead atoms. The molecule has 1 unspecified atom stereocenters. The minimum absolute atomic E-state index is 0. The molecule has 1 amide bonds. The van der Waals surface area contributed by atoms with Crippen LogP contribution in [-0.4, -0.2) is 58.9 Å². The summed E-state index contributed by atoms with van der Waals surface area (Å²) in [7, 11) is 0. The molecule has 0 spiro atoms. The van der Waals surface area contributed by atoms with E-state index in [2.05, 4.69) is 9.97 Å². The molecule has 2 heterocycles. The van der Waals surface area contributed by atoms with Gasteiger partial charge in [-0.1, -0.05) is 11.8 Å². The maximum atomic E-state index is 12.0. The molecule has 8 heteroatoms. The number of nitrogens with one attached hydrogen (secondary N) is 1. The van der Waals surface area contributed by atoms with E-state index < -0.39 is 0 Å². The number of hydrogen-bond donors (Lipinski definition) is 1. The molecule has 1 aliphatic rings. The highest BCUT2D eigenvalue weighted by Crippen LogP contribution is 2.23. The van der Waals surface area contributed by atoms with Crippen LogP contribution in [0.1, 0.15) is 13.8 Å². The predicted molar refractivity (Wildman–Crippen MR) is 97.2 cm³/mol. The van der Waals surface area contributed by atoms with Gasteiger partial charge in [0.1, 0.15) is 11.9 Å². The third-order valence-electron chi connectivity index (χ3n) is 3.73. The Morgan fingerprint density at radius 1 is 1.50 bits per heavy atom. The normalized spacial score (nSPS) is 17.8. The fraction of sp³-hybridized carbons (Fsp3) is 0.500. The van der Waals surface area contributed by atoms with Crippen LogP contribution in [0.25, 0.3) is 11.0 Å². The van der Waals surface area contributed by atoms with Crippen molar-refractivity contribution in [2.75, 3.05) is 32.1 Å². The summed E-state index contributed by atoms with van der Waals surface area (Å²) in [6, 6.07) is 5.84. The van der Waals surface area contributed by atoms with E-state index in [1.54, 1.807) is 18.7 Å². The largest absolute Gasteiger partial charge is 0.494 e. The lowest BCUT2D eigenvalue weighted by Gasteiger charge is -2.30. The maximum absolute atomic E-state index is 12.0. The summed E-state index contributed by atoms with van der Waals surface area (Å²) in [6.45, 7) is 6.40. The maximum Gasteiger partial charge on any atom is 0.251 e. The third-order valence-corrected chi connectivity index (χ3v) is 4.58. The van der Waals surface area contributed by atoms with Crippen LogP contribution in [0.4, 0.5) is 0 Å². The number of carbonyl (C=O) groups is 1. The molecule has 1 aromatic carbocycles. The lowest BCUT2D eigenvalue weighted by molar-refractivity contribution is -0.150. The van der Waals surface area contributed by atoms with Gasteiger partial charge in [0.15, 0.2) is 5.16 Å². The van der Waals surface area contributed by atoms with Crippen molar-refractivity contribution in [3.63, 3.8) is 0 Å². The van der Waals surface area contributed by atoms with Gasteiger partial charge >= 0.3 is 0 Å². The second-order valence-corrected chi connectivity index (χ2v) is 6.42. The molecule has 132 valence electrons. The molecule has 6 nitrogen and oxygen atoms in total. The molecular weight excluding hydrogens is 350 g/mol. The first kappa shape index (κ1) is 18.9. The quantitative estimate of drug-likeness (QED) is 0.791. The van der Waals surface area contributed by atoms with Crippen LogP contribution in [0.2, 0.25) is 0 Å². The van der Waals surface area contributed by atoms with Crippen molar-refractivity contribution >= 4 is 41.1 Å². The molecule has 0 radical (unpaired) electrons. The summed E-state index contributed by atoms with van der Waals surface area (Å²) in [5.74, 6) is 1.72. The van der Waals surface area contributed by atoms with E-state index in [0.29, 0.717) is 26.3 Å². The highest BCUT2D eigenvalue weighted by Gasteiger charge is 2.25. The number of aromatic amines is 1. The number of aromatic nitrogens is 2. The smallest absolute Gasteiger partial charge is 0.251 e. The number of carbonyl (C=O) groups excluding carboxylic acids is 1. The van der Waals surface area contributed by atoms with Crippen molar-refractivity contribution < 1.29 is 14.3 Å². The van der Waals surface area contributed by atoms with E-state index in [1.807, 2.05) is 30.0 Å². The van der Waals surface area contributed by atoms with Gasteiger partial charge in [-0.2, -0.15) is 0 Å². The molecule has 1 N–H and O–H groups in total. The van der Waals surface area contributed by atoms with E-state index in [0.717, 1.165) is 27.7 Å². The van der Waals surface area contributed by atoms with Crippen LogP contribution in [0.3, 0.4) is 0 Å². The van der Waals surface area contributed by atoms with E-state index in [4.69, 9.17) is 9.47 Å². The number of ether oxygens (including phenoxy) is 2. The second-order valence-electron chi connectivity index (χ2n) is 5.34. The van der Waals surface area contributed by atoms with Crippen molar-refractivity contribution in [2.45, 2.75) is 25.1 Å². The van der Waals surface area contributed by atoms with Crippen molar-refractivity contribution in [1.82, 2.24) is 14.9 Å². The van der Waals surface area contributed by atoms with Gasteiger partial charge in [-0.3, -0.25) is 4.79 Å². The second kappa shape index (κ2) is 8.60. The number of rotatable bonds is 6. The van der Waals surface area contributed by atoms with E-state index in [9.17, 15) is 4.79 Å². The third kappa shape index (κ3) is 4.34. The van der Waals surface area contributed by atoms with Crippen molar-refractivity contribution in [3.05, 3.63) is 18.2 Å². The SMILES string of the molecule is CCOc1ccc2nc(SCCN3CCOC(C)C3=O)[nH]c2c1.Cl. The molecule has 3 rings (SSSR count). The molecule has 1 saturated heterocycles. The first-order valence-electron chi connectivity index (χ1n) is 7.83. The summed E-state index contributed by atoms with van der Waals surface area (Å²) in [4.78, 5) is 21.7. The van der Waals surface area contributed by atoms with Crippen molar-refractivity contribution in [2.24, 2.45) is 0 Å². The number of halogens is 1. The van der Waals surface area contributed by atoms with Gasteiger partial charge < -0.3 is 19.4 Å². The van der Waals surface area contributed by atoms with Crippen LogP contribution >= 0.6 is 24.2 Å². The van der Waals surface area contributed by atoms with Crippen LogP contribution in [0.15, 0.2) is 23.4 Å². The van der Waals surface area contributed by atoms with Crippen LogP contribution in [0, 0.1) is 0 Å². The number of amides is 1. The summed E-state index contributed by atoms with van der Waals surface area (Å²) in [6.07, 6.45) is -0.322. The fourth-order valence-electron chi connectivity index (χ4n) is 2.54. The van der Waals surface area contributed by atoms with Gasteiger partial charge in [-0.05, 0) is 26.0 Å². The molecule has 1 atom stereocenters. The summed E-state index contributed by atoms with van der Waals surface area (Å²) in [5.41, 5.74) is 1.89. The Balaban J connectivity index is 0.00000208. The molecule has 1 aromatic heterocycles. The van der Waals surface area contributed by atoms with Gasteiger partial charge in [-0.25, -0.2) is 4.98 Å². The Labute approximate surface area is 151 Å². The monoisotopic (exact) mass is 371 g/mol. The highest BCUT2D eigenvalue weighted by molar-refractivity contribution is 7.99. The number of H-pyrrole nitrogens is 1. The minimum Gasteiger partial charge on any atom is -0.494 e. The number of fused-ring (bicyclic) bond motifs is 1. The zero-order chi connectivity index (χ0) is 16.2. The van der Waals surface area contributed by atoms with Gasteiger partial charge in [0.2, 0.25) is 0 Å². The van der Waals surface area contributed by atoms with Gasteiger partial charge in [0.05, 0.1) is 24.2 Å². The molecule has 24 heavy (non-hydrogen) atoms. The molecule has 1 fully saturated rings. The number of hydrogen-bond acceptors (Lipinski definition) is 5. The topological polar surface area (TPSA) is 67.5 Å². The highest BCUT2D eigenvalue weighted by atomic mass is 35.5. The Hall–Kier alpha value is -1.44.